The zero-order chi connectivity index (χ0) is 15.8. The van der Waals surface area contributed by atoms with Crippen LogP contribution in [0.15, 0.2) is 53.4 Å². The minimum atomic E-state index is -0.454. The third-order valence-electron chi connectivity index (χ3n) is 2.39. The second-order valence-corrected chi connectivity index (χ2v) is 4.40. The predicted octanol–water partition coefficient (Wildman–Crippen LogP) is 1.02. The first-order chi connectivity index (χ1) is 10.6. The molecule has 0 spiro atoms. The van der Waals surface area contributed by atoms with Gasteiger partial charge in [-0.15, -0.1) is 0 Å². The minimum Gasteiger partial charge on any atom is -0.465 e. The van der Waals surface area contributed by atoms with Gasteiger partial charge in [-0.25, -0.2) is 0 Å². The van der Waals surface area contributed by atoms with E-state index in [1.807, 2.05) is 0 Å². The van der Waals surface area contributed by atoms with Gasteiger partial charge in [-0.1, -0.05) is 0 Å². The molecule has 2 rings (SSSR count). The van der Waals surface area contributed by atoms with Gasteiger partial charge in [0.1, 0.15) is 5.76 Å². The van der Waals surface area contributed by atoms with Gasteiger partial charge >= 0.3 is 0 Å². The first-order valence-corrected chi connectivity index (χ1v) is 6.59. The highest BCUT2D eigenvalue weighted by Crippen LogP contribution is 2.01. The summed E-state index contributed by atoms with van der Waals surface area (Å²) in [6.07, 6.45) is 7.21. The van der Waals surface area contributed by atoms with Crippen LogP contribution in [0.4, 0.5) is 0 Å². The van der Waals surface area contributed by atoms with Crippen molar-refractivity contribution in [3.63, 3.8) is 0 Å². The monoisotopic (exact) mass is 316 g/mol. The SMILES string of the molecule is O=C(/C=C/c1ccco1)NC(=S)NNC(=O)c1cccnc1. The van der Waals surface area contributed by atoms with Gasteiger partial charge in [-0.05, 0) is 42.6 Å². The van der Waals surface area contributed by atoms with Gasteiger partial charge in [0.25, 0.3) is 5.91 Å². The van der Waals surface area contributed by atoms with Crippen LogP contribution in [0.3, 0.4) is 0 Å². The van der Waals surface area contributed by atoms with Gasteiger partial charge in [0.2, 0.25) is 5.91 Å². The van der Waals surface area contributed by atoms with Crippen LogP contribution < -0.4 is 16.2 Å². The average Bonchev–Trinajstić information content (AvgIpc) is 3.05. The molecule has 0 bridgehead atoms. The maximum atomic E-state index is 11.7. The van der Waals surface area contributed by atoms with Crippen molar-refractivity contribution in [2.45, 2.75) is 0 Å². The quantitative estimate of drug-likeness (QED) is 0.444. The molecule has 3 N–H and O–H groups in total. The number of pyridine rings is 1. The van der Waals surface area contributed by atoms with E-state index in [0.717, 1.165) is 0 Å². The Morgan fingerprint density at radius 3 is 2.77 bits per heavy atom. The molecule has 0 unspecified atom stereocenters. The van der Waals surface area contributed by atoms with Gasteiger partial charge < -0.3 is 4.42 Å². The van der Waals surface area contributed by atoms with E-state index in [-0.39, 0.29) is 5.11 Å². The molecule has 8 heteroatoms. The number of nitrogens with one attached hydrogen (secondary N) is 3. The van der Waals surface area contributed by atoms with Crippen molar-refractivity contribution in [2.75, 3.05) is 0 Å². The Hall–Kier alpha value is -3.00. The molecule has 0 saturated carbocycles. The zero-order valence-corrected chi connectivity index (χ0v) is 12.1. The van der Waals surface area contributed by atoms with Crippen LogP contribution in [0.5, 0.6) is 0 Å². The Morgan fingerprint density at radius 2 is 2.09 bits per heavy atom. The van der Waals surface area contributed by atoms with Gasteiger partial charge in [0.15, 0.2) is 5.11 Å². The summed E-state index contributed by atoms with van der Waals surface area (Å²) in [6, 6.07) is 6.64. The lowest BCUT2D eigenvalue weighted by molar-refractivity contribution is -0.115. The molecule has 2 aromatic heterocycles. The fourth-order valence-electron chi connectivity index (χ4n) is 1.41. The summed E-state index contributed by atoms with van der Waals surface area (Å²) in [7, 11) is 0. The number of aromatic nitrogens is 1. The Balaban J connectivity index is 1.76. The van der Waals surface area contributed by atoms with Gasteiger partial charge in [0.05, 0.1) is 11.8 Å². The highest BCUT2D eigenvalue weighted by atomic mass is 32.1. The summed E-state index contributed by atoms with van der Waals surface area (Å²) in [6.45, 7) is 0. The Morgan fingerprint density at radius 1 is 1.23 bits per heavy atom. The normalized spacial score (nSPS) is 10.2. The molecule has 22 heavy (non-hydrogen) atoms. The first-order valence-electron chi connectivity index (χ1n) is 6.18. The van der Waals surface area contributed by atoms with Crippen molar-refractivity contribution < 1.29 is 14.0 Å². The van der Waals surface area contributed by atoms with Gasteiger partial charge in [-0.2, -0.15) is 0 Å². The maximum Gasteiger partial charge on any atom is 0.271 e. The summed E-state index contributed by atoms with van der Waals surface area (Å²) in [5.41, 5.74) is 5.13. The number of nitrogens with zero attached hydrogens (tertiary/aromatic N) is 1. The topological polar surface area (TPSA) is 96.3 Å². The van der Waals surface area contributed by atoms with Crippen molar-refractivity contribution in [1.29, 1.82) is 0 Å². The van der Waals surface area contributed by atoms with Crippen molar-refractivity contribution in [3.8, 4) is 0 Å². The Bertz CT molecular complexity index is 683. The van der Waals surface area contributed by atoms with Crippen molar-refractivity contribution in [3.05, 3.63) is 60.3 Å². The van der Waals surface area contributed by atoms with Crippen LogP contribution in [-0.2, 0) is 4.79 Å². The first kappa shape index (κ1) is 15.4. The number of hydrogen-bond donors (Lipinski definition) is 3. The smallest absolute Gasteiger partial charge is 0.271 e. The van der Waals surface area contributed by atoms with E-state index in [4.69, 9.17) is 16.6 Å². The molecule has 112 valence electrons. The lowest BCUT2D eigenvalue weighted by atomic mass is 10.3. The van der Waals surface area contributed by atoms with Crippen LogP contribution in [0, 0.1) is 0 Å². The Kier molecular flexibility index (Phi) is 5.38. The third-order valence-corrected chi connectivity index (χ3v) is 2.60. The second kappa shape index (κ2) is 7.70. The van der Waals surface area contributed by atoms with Crippen LogP contribution in [0.2, 0.25) is 0 Å². The number of furan rings is 1. The predicted molar refractivity (Wildman–Crippen MR) is 83.3 cm³/mol. The number of carbonyl (C=O) groups is 2. The maximum absolute atomic E-state index is 11.7. The van der Waals surface area contributed by atoms with Crippen LogP contribution in [0.25, 0.3) is 6.08 Å². The summed E-state index contributed by atoms with van der Waals surface area (Å²) >= 11 is 4.88. The molecule has 2 amide bonds. The molecular weight excluding hydrogens is 304 g/mol. The fourth-order valence-corrected chi connectivity index (χ4v) is 1.56. The largest absolute Gasteiger partial charge is 0.465 e. The summed E-state index contributed by atoms with van der Waals surface area (Å²) in [4.78, 5) is 27.1. The molecule has 0 radical (unpaired) electrons. The second-order valence-electron chi connectivity index (χ2n) is 3.99. The molecule has 0 aliphatic carbocycles. The standard InChI is InChI=1S/C14H12N4O3S/c19-12(6-5-11-4-2-8-21-11)16-14(22)18-17-13(20)10-3-1-7-15-9-10/h1-9H,(H,17,20)(H2,16,18,19,22)/b6-5+. The summed E-state index contributed by atoms with van der Waals surface area (Å²) in [5.74, 6) is -0.334. The molecule has 0 aliphatic rings. The fraction of sp³-hybridized carbons (Fsp3) is 0. The lowest BCUT2D eigenvalue weighted by Gasteiger charge is -2.09. The highest BCUT2D eigenvalue weighted by molar-refractivity contribution is 7.80. The van der Waals surface area contributed by atoms with Gasteiger partial charge in [0, 0.05) is 18.5 Å². The molecule has 2 aromatic rings. The average molecular weight is 316 g/mol. The molecule has 2 heterocycles. The number of hydrazine groups is 1. The molecule has 0 fully saturated rings. The zero-order valence-electron chi connectivity index (χ0n) is 11.3. The lowest BCUT2D eigenvalue weighted by Crippen LogP contribution is -2.48. The molecule has 0 atom stereocenters. The summed E-state index contributed by atoms with van der Waals surface area (Å²) < 4.78 is 5.04. The van der Waals surface area contributed by atoms with E-state index in [2.05, 4.69) is 21.2 Å². The van der Waals surface area contributed by atoms with Crippen LogP contribution >= 0.6 is 12.2 Å². The number of carbonyl (C=O) groups excluding carboxylic acids is 2. The molecule has 0 saturated heterocycles. The number of hydrogen-bond acceptors (Lipinski definition) is 5. The van der Waals surface area contributed by atoms with Crippen LogP contribution in [-0.4, -0.2) is 21.9 Å². The number of rotatable bonds is 3. The van der Waals surface area contributed by atoms with E-state index in [1.165, 1.54) is 24.6 Å². The summed E-state index contributed by atoms with van der Waals surface area (Å²) in [5, 5.41) is 2.34. The van der Waals surface area contributed by atoms with Crippen molar-refractivity contribution >= 4 is 35.2 Å². The number of amides is 2. The van der Waals surface area contributed by atoms with E-state index < -0.39 is 11.8 Å². The molecule has 7 nitrogen and oxygen atoms in total. The van der Waals surface area contributed by atoms with E-state index in [1.54, 1.807) is 30.5 Å². The van der Waals surface area contributed by atoms with E-state index in [0.29, 0.717) is 11.3 Å². The number of thiocarbonyl (C=S) groups is 1. The van der Waals surface area contributed by atoms with E-state index >= 15 is 0 Å². The third kappa shape index (κ3) is 4.84. The highest BCUT2D eigenvalue weighted by Gasteiger charge is 2.06. The minimum absolute atomic E-state index is 0.0358. The molecular formula is C14H12N4O3S. The molecule has 0 aliphatic heterocycles. The van der Waals surface area contributed by atoms with Crippen molar-refractivity contribution in [1.82, 2.24) is 21.2 Å². The van der Waals surface area contributed by atoms with Crippen LogP contribution in [0.1, 0.15) is 16.1 Å². The van der Waals surface area contributed by atoms with E-state index in [9.17, 15) is 9.59 Å². The van der Waals surface area contributed by atoms with Gasteiger partial charge in [-0.3, -0.25) is 30.7 Å². The molecule has 0 aromatic carbocycles. The van der Waals surface area contributed by atoms with Crippen molar-refractivity contribution in [2.24, 2.45) is 0 Å². The Labute approximate surface area is 131 Å².